The first kappa shape index (κ1) is 34.7. The van der Waals surface area contributed by atoms with E-state index in [4.69, 9.17) is 18.9 Å². The zero-order valence-corrected chi connectivity index (χ0v) is 26.6. The Labute approximate surface area is 256 Å². The minimum absolute atomic E-state index is 0.523. The summed E-state index contributed by atoms with van der Waals surface area (Å²) in [6, 6.07) is 21.6. The first-order chi connectivity index (χ1) is 20.7. The molecule has 236 valence electrons. The van der Waals surface area contributed by atoms with E-state index in [1.807, 2.05) is 0 Å². The van der Waals surface area contributed by atoms with Gasteiger partial charge in [0.1, 0.15) is 0 Å². The van der Waals surface area contributed by atoms with E-state index in [2.05, 4.69) is 84.3 Å². The van der Waals surface area contributed by atoms with Crippen LogP contribution in [0.25, 0.3) is 0 Å². The summed E-state index contributed by atoms with van der Waals surface area (Å²) < 4.78 is 23.9. The molecular weight excluding hydrogens is 524 g/mol. The Morgan fingerprint density at radius 2 is 0.905 bits per heavy atom. The molecule has 1 saturated heterocycles. The highest BCUT2D eigenvalue weighted by Crippen LogP contribution is 2.12. The van der Waals surface area contributed by atoms with Gasteiger partial charge in [0, 0.05) is 65.8 Å². The molecule has 0 N–H and O–H groups in total. The number of ether oxygens (including phenoxy) is 4. The van der Waals surface area contributed by atoms with Crippen molar-refractivity contribution < 1.29 is 18.9 Å². The summed E-state index contributed by atoms with van der Waals surface area (Å²) in [5.74, 6) is 1.05. The molecule has 0 saturated carbocycles. The van der Waals surface area contributed by atoms with Crippen molar-refractivity contribution in [2.45, 2.75) is 65.5 Å². The van der Waals surface area contributed by atoms with Gasteiger partial charge >= 0.3 is 0 Å². The third-order valence-electron chi connectivity index (χ3n) is 7.90. The van der Waals surface area contributed by atoms with E-state index in [0.29, 0.717) is 25.0 Å². The van der Waals surface area contributed by atoms with Crippen molar-refractivity contribution in [2.75, 3.05) is 79.0 Å². The van der Waals surface area contributed by atoms with Crippen molar-refractivity contribution in [3.05, 3.63) is 71.8 Å². The zero-order valence-electron chi connectivity index (χ0n) is 26.6. The van der Waals surface area contributed by atoms with Crippen LogP contribution in [0.5, 0.6) is 0 Å². The van der Waals surface area contributed by atoms with Crippen LogP contribution in [0.3, 0.4) is 0 Å². The van der Waals surface area contributed by atoms with Gasteiger partial charge in [-0.2, -0.15) is 0 Å². The Bertz CT molecular complexity index is 811. The van der Waals surface area contributed by atoms with Gasteiger partial charge in [-0.05, 0) is 74.6 Å². The number of rotatable bonds is 4. The van der Waals surface area contributed by atoms with Crippen molar-refractivity contribution >= 4 is 0 Å². The second-order valence-corrected chi connectivity index (χ2v) is 12.1. The van der Waals surface area contributed by atoms with Crippen LogP contribution in [-0.2, 0) is 32.0 Å². The Hall–Kier alpha value is -1.80. The normalized spacial score (nSPS) is 23.8. The van der Waals surface area contributed by atoms with Crippen LogP contribution >= 0.6 is 0 Å². The summed E-state index contributed by atoms with van der Waals surface area (Å²) in [5, 5.41) is 0. The van der Waals surface area contributed by atoms with Gasteiger partial charge in [0.25, 0.3) is 0 Å². The van der Waals surface area contributed by atoms with E-state index in [1.165, 1.54) is 11.1 Å². The largest absolute Gasteiger partial charge is 0.381 e. The van der Waals surface area contributed by atoms with E-state index >= 15 is 0 Å². The van der Waals surface area contributed by atoms with Gasteiger partial charge in [-0.25, -0.2) is 0 Å². The van der Waals surface area contributed by atoms with Gasteiger partial charge in [-0.1, -0.05) is 74.5 Å². The molecule has 6 nitrogen and oxygen atoms in total. The predicted molar refractivity (Wildman–Crippen MR) is 173 cm³/mol. The third-order valence-corrected chi connectivity index (χ3v) is 7.90. The molecule has 0 spiro atoms. The standard InChI is InChI=1S/C36H58N2O4/c1-33-17-21-37(29-35-13-5-3-6-14-35)19-11-25-39-23-9-10-24-40-26-12-20-38(30-36-15-7-4-8-16-36)22-18-34(2)32-42-28-27-41-31-33/h3-8,13-16,33-34H,9-12,17-32H2,1-2H3. The van der Waals surface area contributed by atoms with Gasteiger partial charge in [-0.15, -0.1) is 0 Å². The minimum Gasteiger partial charge on any atom is -0.381 e. The fourth-order valence-corrected chi connectivity index (χ4v) is 5.28. The maximum absolute atomic E-state index is 5.99. The number of benzene rings is 2. The number of hydrogen-bond donors (Lipinski definition) is 0. The van der Waals surface area contributed by atoms with Crippen LogP contribution in [0, 0.1) is 11.8 Å². The Morgan fingerprint density at radius 1 is 0.500 bits per heavy atom. The third kappa shape index (κ3) is 16.7. The lowest BCUT2D eigenvalue weighted by atomic mass is 10.1. The summed E-state index contributed by atoms with van der Waals surface area (Å²) in [6.07, 6.45) is 6.50. The van der Waals surface area contributed by atoms with Crippen LogP contribution in [0.2, 0.25) is 0 Å². The second kappa shape index (κ2) is 22.7. The molecular formula is C36H58N2O4. The topological polar surface area (TPSA) is 43.4 Å². The molecule has 0 amide bonds. The molecule has 1 aliphatic heterocycles. The van der Waals surface area contributed by atoms with Crippen LogP contribution in [0.1, 0.15) is 63.5 Å². The molecule has 0 aromatic heterocycles. The summed E-state index contributed by atoms with van der Waals surface area (Å²) in [6.45, 7) is 17.0. The lowest BCUT2D eigenvalue weighted by molar-refractivity contribution is 0.0212. The highest BCUT2D eigenvalue weighted by atomic mass is 16.5. The fraction of sp³-hybridized carbons (Fsp3) is 0.667. The van der Waals surface area contributed by atoms with Crippen LogP contribution in [0.4, 0.5) is 0 Å². The summed E-state index contributed by atoms with van der Waals surface area (Å²) >= 11 is 0. The minimum atomic E-state index is 0.523. The molecule has 3 rings (SSSR count). The van der Waals surface area contributed by atoms with E-state index in [9.17, 15) is 0 Å². The Kier molecular flexibility index (Phi) is 18.7. The summed E-state index contributed by atoms with van der Waals surface area (Å²) in [7, 11) is 0. The zero-order chi connectivity index (χ0) is 29.5. The smallest absolute Gasteiger partial charge is 0.0700 e. The van der Waals surface area contributed by atoms with E-state index in [1.54, 1.807) is 0 Å². The van der Waals surface area contributed by atoms with E-state index in [0.717, 1.165) is 117 Å². The first-order valence-corrected chi connectivity index (χ1v) is 16.5. The van der Waals surface area contributed by atoms with Gasteiger partial charge in [0.2, 0.25) is 0 Å². The molecule has 2 aromatic carbocycles. The van der Waals surface area contributed by atoms with Crippen LogP contribution in [-0.4, -0.2) is 88.8 Å². The van der Waals surface area contributed by atoms with E-state index < -0.39 is 0 Å². The highest BCUT2D eigenvalue weighted by Gasteiger charge is 2.12. The Morgan fingerprint density at radius 3 is 1.33 bits per heavy atom. The molecule has 2 atom stereocenters. The predicted octanol–water partition coefficient (Wildman–Crippen LogP) is 6.68. The molecule has 1 aliphatic rings. The van der Waals surface area contributed by atoms with Crippen LogP contribution < -0.4 is 0 Å². The van der Waals surface area contributed by atoms with Gasteiger partial charge in [0.05, 0.1) is 13.2 Å². The second-order valence-electron chi connectivity index (χ2n) is 12.1. The number of hydrogen-bond acceptors (Lipinski definition) is 6. The average Bonchev–Trinajstić information content (AvgIpc) is 3.01. The van der Waals surface area contributed by atoms with Crippen molar-refractivity contribution in [1.29, 1.82) is 0 Å². The van der Waals surface area contributed by atoms with Gasteiger partial charge < -0.3 is 18.9 Å². The van der Waals surface area contributed by atoms with Crippen molar-refractivity contribution in [3.63, 3.8) is 0 Å². The molecule has 1 heterocycles. The highest BCUT2D eigenvalue weighted by molar-refractivity contribution is 5.15. The molecule has 0 bridgehead atoms. The average molecular weight is 583 g/mol. The molecule has 42 heavy (non-hydrogen) atoms. The quantitative estimate of drug-likeness (QED) is 0.401. The molecule has 2 unspecified atom stereocenters. The molecule has 0 radical (unpaired) electrons. The maximum Gasteiger partial charge on any atom is 0.0700 e. The Balaban J connectivity index is 1.44. The van der Waals surface area contributed by atoms with Crippen molar-refractivity contribution in [3.8, 4) is 0 Å². The fourth-order valence-electron chi connectivity index (χ4n) is 5.28. The molecule has 1 fully saturated rings. The van der Waals surface area contributed by atoms with Crippen molar-refractivity contribution in [2.24, 2.45) is 11.8 Å². The monoisotopic (exact) mass is 582 g/mol. The van der Waals surface area contributed by atoms with E-state index in [-0.39, 0.29) is 0 Å². The first-order valence-electron chi connectivity index (χ1n) is 16.5. The lowest BCUT2D eigenvalue weighted by Crippen LogP contribution is -2.28. The lowest BCUT2D eigenvalue weighted by Gasteiger charge is -2.24. The molecule has 0 aliphatic carbocycles. The van der Waals surface area contributed by atoms with Gasteiger partial charge in [-0.3, -0.25) is 9.80 Å². The summed E-state index contributed by atoms with van der Waals surface area (Å²) in [4.78, 5) is 5.14. The maximum atomic E-state index is 5.99. The summed E-state index contributed by atoms with van der Waals surface area (Å²) in [5.41, 5.74) is 2.74. The number of nitrogens with zero attached hydrogens (tertiary/aromatic N) is 2. The van der Waals surface area contributed by atoms with Crippen molar-refractivity contribution in [1.82, 2.24) is 9.80 Å². The van der Waals surface area contributed by atoms with Gasteiger partial charge in [0.15, 0.2) is 0 Å². The molecule has 2 aromatic rings. The van der Waals surface area contributed by atoms with Crippen LogP contribution in [0.15, 0.2) is 60.7 Å². The SMILES string of the molecule is CC1CCN(Cc2ccccc2)CCCOCCCCOCCCN(Cc2ccccc2)CCC(C)COCCOC1. The molecule has 6 heteroatoms.